The van der Waals surface area contributed by atoms with Crippen LogP contribution in [0, 0.1) is 0 Å². The molecule has 13 N–H and O–H groups in total. The summed E-state index contributed by atoms with van der Waals surface area (Å²) in [5.74, 6) is 1.31. The van der Waals surface area contributed by atoms with Gasteiger partial charge in [0.15, 0.2) is 16.9 Å². The van der Waals surface area contributed by atoms with Gasteiger partial charge in [0.2, 0.25) is 11.8 Å². The van der Waals surface area contributed by atoms with Crippen LogP contribution in [-0.4, -0.2) is 140 Å². The molecule has 2 fully saturated rings. The number of carbonyl (C=O) groups excluding carboxylic acids is 2. The van der Waals surface area contributed by atoms with Crippen LogP contribution >= 0.6 is 0 Å². The van der Waals surface area contributed by atoms with E-state index < -0.39 is 0 Å². The topological polar surface area (TPSA) is 376 Å². The molecule has 0 unspecified atom stereocenters. The van der Waals surface area contributed by atoms with Gasteiger partial charge in [-0.05, 0) is 73.5 Å². The molecule has 12 aromatic rings. The Balaban J connectivity index is 0.000000119. The third-order valence-corrected chi connectivity index (χ3v) is 14.1. The maximum atomic E-state index is 12.7. The largest absolute Gasteiger partial charge is 0.508 e. The van der Waals surface area contributed by atoms with Crippen molar-refractivity contribution in [1.29, 1.82) is 0 Å². The molecule has 0 radical (unpaired) electrons. The van der Waals surface area contributed by atoms with E-state index in [-0.39, 0.29) is 53.8 Å². The number of carbonyl (C=O) groups is 2. The normalized spacial score (nSPS) is 13.9. The summed E-state index contributed by atoms with van der Waals surface area (Å²) in [6.45, 7) is 2.27. The molecule has 14 rings (SSSR count). The van der Waals surface area contributed by atoms with Crippen molar-refractivity contribution < 1.29 is 29.6 Å². The van der Waals surface area contributed by atoms with E-state index in [0.717, 1.165) is 62.5 Å². The van der Waals surface area contributed by atoms with Crippen LogP contribution in [0.1, 0.15) is 31.7 Å². The van der Waals surface area contributed by atoms with E-state index in [4.69, 9.17) is 27.0 Å². The Morgan fingerprint density at radius 1 is 0.620 bits per heavy atom. The number of amides is 2. The number of likely N-dealkylation sites (N-methyl/N-ethyl adjacent to an activating group) is 1. The van der Waals surface area contributed by atoms with Crippen LogP contribution in [-0.2, 0) is 27.4 Å². The van der Waals surface area contributed by atoms with Crippen molar-refractivity contribution in [3.05, 3.63) is 91.8 Å². The summed E-state index contributed by atoms with van der Waals surface area (Å²) >= 11 is 0. The molecule has 79 heavy (non-hydrogen) atoms. The summed E-state index contributed by atoms with van der Waals surface area (Å²) in [4.78, 5) is 61.3. The fourth-order valence-corrected chi connectivity index (χ4v) is 10.3. The highest BCUT2D eigenvalue weighted by atomic mass is 16.5. The highest BCUT2D eigenvalue weighted by molar-refractivity contribution is 6.03. The molecule has 0 bridgehead atoms. The Hall–Kier alpha value is -10.4. The van der Waals surface area contributed by atoms with E-state index in [1.807, 2.05) is 35.0 Å². The smallest absolute Gasteiger partial charge is 0.244 e. The van der Waals surface area contributed by atoms with E-state index in [1.54, 1.807) is 59.1 Å². The monoisotopic (exact) mass is 1060 g/mol. The lowest BCUT2D eigenvalue weighted by Gasteiger charge is -2.26. The molecule has 26 heteroatoms. The highest BCUT2D eigenvalue weighted by Gasteiger charge is 2.27. The average molecular weight is 1070 g/mol. The molecule has 400 valence electrons. The predicted octanol–water partition coefficient (Wildman–Crippen LogP) is 5.51. The molecular formula is C53H52N20O6. The maximum absolute atomic E-state index is 12.7. The number of fused-ring (bicyclic) bond motifs is 6. The number of ether oxygens (including phenoxy) is 1. The lowest BCUT2D eigenvalue weighted by atomic mass is 10.2. The van der Waals surface area contributed by atoms with Gasteiger partial charge >= 0.3 is 0 Å². The number of aromatic hydroxyl groups is 3. The van der Waals surface area contributed by atoms with Crippen LogP contribution in [0.25, 0.3) is 100.0 Å². The number of phenolic OH excluding ortho intramolecular Hbond substituents is 3. The molecule has 2 amide bonds. The second-order valence-electron chi connectivity index (χ2n) is 19.1. The van der Waals surface area contributed by atoms with Gasteiger partial charge in [-0.15, -0.1) is 0 Å². The van der Waals surface area contributed by atoms with Crippen molar-refractivity contribution in [2.24, 2.45) is 0 Å². The third kappa shape index (κ3) is 9.34. The lowest BCUT2D eigenvalue weighted by Crippen LogP contribution is -2.42. The number of nitrogens with one attached hydrogen (secondary N) is 4. The number of nitrogens with zero attached hydrogens (tertiary/aromatic N) is 13. The number of morpholine rings is 1. The van der Waals surface area contributed by atoms with Gasteiger partial charge in [-0.25, -0.2) is 43.9 Å². The predicted molar refractivity (Wildman–Crippen MR) is 295 cm³/mol. The minimum Gasteiger partial charge on any atom is -0.508 e. The maximum Gasteiger partial charge on any atom is 0.244 e. The quantitative estimate of drug-likeness (QED) is 0.0897. The van der Waals surface area contributed by atoms with E-state index in [9.17, 15) is 24.9 Å². The minimum absolute atomic E-state index is 0.0183. The number of phenols is 3. The number of anilines is 3. The van der Waals surface area contributed by atoms with Gasteiger partial charge in [-0.1, -0.05) is 25.0 Å². The lowest BCUT2D eigenvalue weighted by molar-refractivity contribution is -0.136. The van der Waals surface area contributed by atoms with Crippen molar-refractivity contribution in [2.75, 3.05) is 50.6 Å². The first-order valence-electron chi connectivity index (χ1n) is 25.3. The molecular weight excluding hydrogens is 1010 g/mol. The standard InChI is InChI=1S/C19H19N7O3.C18H18N6O.C16H15N7O2/c20-18-16-17(14-8-11-7-12(27)1-2-13(11)23-14)24-26(19(16)22-10-21-18)9-15(28)25-3-5-29-6-4-25;19-17-14-16(12-8-10-4-3-7-13(25)15(10)22-12)23-24(11-5-1-2-6-11)18(14)21-9-20-17;1-18-12(25)6-23-16-13(15(17)19-7-20-16)14(22-23)11-5-8-4-9(24)2-3-10(8)21-11/h1-2,7-8,10,23,27H,3-6,9H2,(H2,20,21,22);3-4,7-9,11,22,25H,1-2,5-6H2,(H2,19,20,21);2-5,7,21,24H,6H2,1H3,(H,18,25)(H2,17,19,20). The third-order valence-electron chi connectivity index (χ3n) is 14.1. The number of nitrogen functional groups attached to an aromatic ring is 3. The zero-order valence-corrected chi connectivity index (χ0v) is 42.4. The zero-order chi connectivity index (χ0) is 54.5. The number of nitrogens with two attached hydrogens (primary N) is 3. The summed E-state index contributed by atoms with van der Waals surface area (Å²) in [6, 6.07) is 21.6. The SMILES string of the molecule is CNC(=O)Cn1nc(-c2cc3cc(O)ccc3[nH]2)c2c(N)ncnc21.Nc1ncnc2c1c(-c1cc3cc(O)ccc3[nH]1)nn2CC(=O)N1CCOCC1.Nc1ncnc2c1c(-c1cc3cccc(O)c3[nH]1)nn2C1CCCC1. The Kier molecular flexibility index (Phi) is 12.7. The van der Waals surface area contributed by atoms with Crippen molar-refractivity contribution >= 4 is 95.1 Å². The second-order valence-corrected chi connectivity index (χ2v) is 19.1. The van der Waals surface area contributed by atoms with E-state index >= 15 is 0 Å². The van der Waals surface area contributed by atoms with Crippen LogP contribution in [0.4, 0.5) is 17.5 Å². The summed E-state index contributed by atoms with van der Waals surface area (Å²) in [7, 11) is 1.56. The fraction of sp³-hybridized carbons (Fsp3) is 0.226. The first-order valence-corrected chi connectivity index (χ1v) is 25.3. The Labute approximate surface area is 446 Å². The molecule has 2 aliphatic rings. The van der Waals surface area contributed by atoms with Gasteiger partial charge in [-0.3, -0.25) is 9.59 Å². The molecule has 9 aromatic heterocycles. The Morgan fingerprint density at radius 3 is 1.68 bits per heavy atom. The molecule has 3 aromatic carbocycles. The number of H-pyrrole nitrogens is 3. The molecule has 1 saturated heterocycles. The molecule has 26 nitrogen and oxygen atoms in total. The Bertz CT molecular complexity index is 4290. The van der Waals surface area contributed by atoms with Gasteiger partial charge < -0.3 is 62.4 Å². The number of para-hydroxylation sites is 1. The Morgan fingerprint density at radius 2 is 1.13 bits per heavy atom. The van der Waals surface area contributed by atoms with Gasteiger partial charge in [0, 0.05) is 47.3 Å². The number of rotatable bonds is 8. The molecule has 1 aliphatic carbocycles. The number of hydrogen-bond donors (Lipinski definition) is 10. The van der Waals surface area contributed by atoms with Crippen LogP contribution in [0.5, 0.6) is 17.2 Å². The molecule has 10 heterocycles. The summed E-state index contributed by atoms with van der Waals surface area (Å²) in [6.07, 6.45) is 8.83. The number of hydrogen-bond acceptors (Lipinski definition) is 18. The summed E-state index contributed by atoms with van der Waals surface area (Å²) in [5, 5.41) is 50.5. The van der Waals surface area contributed by atoms with Crippen LogP contribution in [0.2, 0.25) is 0 Å². The number of benzene rings is 3. The molecule has 1 saturated carbocycles. The van der Waals surface area contributed by atoms with Crippen LogP contribution in [0.15, 0.2) is 91.8 Å². The van der Waals surface area contributed by atoms with Gasteiger partial charge in [0.1, 0.15) is 83.9 Å². The average Bonchev–Trinajstić information content (AvgIpc) is 4.38. The number of aromatic amines is 3. The molecule has 1 aliphatic heterocycles. The molecule has 0 atom stereocenters. The van der Waals surface area contributed by atoms with Gasteiger partial charge in [0.25, 0.3) is 0 Å². The van der Waals surface area contributed by atoms with Gasteiger partial charge in [-0.2, -0.15) is 15.3 Å². The number of aromatic nitrogens is 15. The summed E-state index contributed by atoms with van der Waals surface area (Å²) in [5.41, 5.74) is 26.5. The minimum atomic E-state index is -0.199. The van der Waals surface area contributed by atoms with Crippen molar-refractivity contribution in [3.8, 4) is 51.4 Å². The van der Waals surface area contributed by atoms with E-state index in [2.05, 4.69) is 60.4 Å². The first-order chi connectivity index (χ1) is 38.4. The van der Waals surface area contributed by atoms with Crippen LogP contribution in [0.3, 0.4) is 0 Å². The first kappa shape index (κ1) is 49.5. The van der Waals surface area contributed by atoms with Crippen molar-refractivity contribution in [3.63, 3.8) is 0 Å². The fourth-order valence-electron chi connectivity index (χ4n) is 10.3. The molecule has 0 spiro atoms. The van der Waals surface area contributed by atoms with Crippen molar-refractivity contribution in [1.82, 2.24) is 84.4 Å². The highest BCUT2D eigenvalue weighted by Crippen LogP contribution is 2.39. The van der Waals surface area contributed by atoms with E-state index in [1.165, 1.54) is 36.5 Å². The zero-order valence-electron chi connectivity index (χ0n) is 42.4. The van der Waals surface area contributed by atoms with Gasteiger partial charge in [0.05, 0.1) is 58.0 Å². The van der Waals surface area contributed by atoms with Crippen LogP contribution < -0.4 is 22.5 Å². The van der Waals surface area contributed by atoms with Crippen molar-refractivity contribution in [2.45, 2.75) is 44.8 Å². The van der Waals surface area contributed by atoms with E-state index in [0.29, 0.717) is 88.5 Å². The second kappa shape index (κ2) is 20.3. The summed E-state index contributed by atoms with van der Waals surface area (Å²) < 4.78 is 10.4.